The Hall–Kier alpha value is -2.62. The first-order valence-electron chi connectivity index (χ1n) is 10.7. The van der Waals surface area contributed by atoms with Crippen molar-refractivity contribution in [2.24, 2.45) is 0 Å². The van der Waals surface area contributed by atoms with E-state index in [4.69, 9.17) is 0 Å². The Kier molecular flexibility index (Phi) is 10.4. The lowest BCUT2D eigenvalue weighted by Crippen LogP contribution is -2.69. The van der Waals surface area contributed by atoms with E-state index in [9.17, 15) is 123 Å². The van der Waals surface area contributed by atoms with Gasteiger partial charge in [0.2, 0.25) is 11.5 Å². The fourth-order valence-electron chi connectivity index (χ4n) is 2.87. The molecule has 2 nitrogen and oxygen atoms in total. The monoisotopic (exact) mass is 786 g/mol. The summed E-state index contributed by atoms with van der Waals surface area (Å²) in [5.41, 5.74) is 0. The summed E-state index contributed by atoms with van der Waals surface area (Å²) in [5.74, 6) is -99.7. The third-order valence-corrected chi connectivity index (χ3v) is 5.85. The molecule has 0 unspecified atom stereocenters. The molecule has 0 bridgehead atoms. The molecule has 0 saturated carbocycles. The zero-order valence-electron chi connectivity index (χ0n) is 21.0. The zero-order chi connectivity index (χ0) is 39.1. The van der Waals surface area contributed by atoms with Gasteiger partial charge in [0, 0.05) is 0 Å². The Morgan fingerprint density at radius 1 is 0.375 bits per heavy atom. The maximum Gasteiger partial charge on any atom is 0.384 e. The minimum Gasteiger partial charge on any atom is -0.482 e. The van der Waals surface area contributed by atoms with E-state index in [1.165, 1.54) is 0 Å². The van der Waals surface area contributed by atoms with Gasteiger partial charge in [0.05, 0.1) is 0 Å². The third-order valence-electron chi connectivity index (χ3n) is 5.85. The third kappa shape index (κ3) is 5.56. The van der Waals surface area contributed by atoms with Crippen molar-refractivity contribution in [3.05, 3.63) is 11.5 Å². The first-order chi connectivity index (χ1) is 20.6. The molecular formula is C18H6F28O2. The van der Waals surface area contributed by atoms with Gasteiger partial charge in [-0.15, -0.1) is 0 Å². The van der Waals surface area contributed by atoms with Crippen molar-refractivity contribution in [2.75, 3.05) is 13.2 Å². The molecule has 48 heavy (non-hydrogen) atoms. The molecule has 0 N–H and O–H groups in total. The van der Waals surface area contributed by atoms with Crippen molar-refractivity contribution in [1.29, 1.82) is 0 Å². The Labute approximate surface area is 242 Å². The fraction of sp³-hybridized carbons (Fsp3) is 0.889. The van der Waals surface area contributed by atoms with Crippen LogP contribution in [0.1, 0.15) is 0 Å². The first kappa shape index (κ1) is 43.4. The van der Waals surface area contributed by atoms with E-state index in [0.717, 1.165) is 0 Å². The largest absolute Gasteiger partial charge is 0.482 e. The van der Waals surface area contributed by atoms with E-state index < -0.39 is 109 Å². The summed E-state index contributed by atoms with van der Waals surface area (Å²) in [6.07, 6.45) is -12.0. The molecule has 0 saturated heterocycles. The molecule has 0 aromatic carbocycles. The summed E-state index contributed by atoms with van der Waals surface area (Å²) >= 11 is 0. The highest BCUT2D eigenvalue weighted by molar-refractivity contribution is 5.36. The van der Waals surface area contributed by atoms with E-state index in [0.29, 0.717) is 0 Å². The van der Waals surface area contributed by atoms with Gasteiger partial charge in [0.1, 0.15) is 0 Å². The highest BCUT2D eigenvalue weighted by atomic mass is 19.4. The molecule has 0 aliphatic heterocycles. The Bertz CT molecular complexity index is 1120. The second kappa shape index (κ2) is 11.5. The Balaban J connectivity index is 3.53. The van der Waals surface area contributed by atoms with Crippen molar-refractivity contribution < 1.29 is 132 Å². The molecule has 0 spiro atoms. The summed E-state index contributed by atoms with van der Waals surface area (Å²) in [6.45, 7) is -8.39. The van der Waals surface area contributed by atoms with E-state index in [2.05, 4.69) is 9.47 Å². The lowest BCUT2D eigenvalue weighted by atomic mass is 9.92. The molecule has 0 aromatic heterocycles. The van der Waals surface area contributed by atoms with Gasteiger partial charge >= 0.3 is 83.9 Å². The summed E-state index contributed by atoms with van der Waals surface area (Å²) < 4.78 is 375. The van der Waals surface area contributed by atoms with E-state index in [1.54, 1.807) is 0 Å². The van der Waals surface area contributed by atoms with E-state index in [1.807, 2.05) is 0 Å². The lowest BCUT2D eigenvalue weighted by Gasteiger charge is -2.42. The van der Waals surface area contributed by atoms with Gasteiger partial charge in [0.15, 0.2) is 13.2 Å². The van der Waals surface area contributed by atoms with Gasteiger partial charge in [-0.1, -0.05) is 0 Å². The van der Waals surface area contributed by atoms with Crippen LogP contribution in [0.25, 0.3) is 0 Å². The van der Waals surface area contributed by atoms with Crippen molar-refractivity contribution in [1.82, 2.24) is 0 Å². The Morgan fingerprint density at radius 2 is 0.583 bits per heavy atom. The maximum atomic E-state index is 13.7. The molecule has 0 aromatic rings. The average Bonchev–Trinajstić information content (AvgIpc) is 2.88. The summed E-state index contributed by atoms with van der Waals surface area (Å²) in [6, 6.07) is 0. The number of hydrogen-bond donors (Lipinski definition) is 0. The molecule has 286 valence electrons. The molecule has 0 atom stereocenters. The molecule has 30 heteroatoms. The number of halogens is 28. The standard InChI is InChI=1S/C18H6F28O2/c19-5(20)11(31,32)15(39,40)17(43,44)13(35,36)7(23,24)1-47-3-4(10(29,30)9(3,27)28)48-2-8(25,26)14(37,38)18(45,46)16(41,42)12(33,34)6(21)22/h5-6H,1-2H2. The molecule has 1 aliphatic carbocycles. The zero-order valence-corrected chi connectivity index (χ0v) is 21.0. The molecule has 0 amide bonds. The van der Waals surface area contributed by atoms with Crippen LogP contribution in [0.3, 0.4) is 0 Å². The number of rotatable bonds is 16. The van der Waals surface area contributed by atoms with Crippen LogP contribution in [0.2, 0.25) is 0 Å². The Morgan fingerprint density at radius 3 is 0.771 bits per heavy atom. The molecule has 1 aliphatic rings. The smallest absolute Gasteiger partial charge is 0.384 e. The highest BCUT2D eigenvalue weighted by Gasteiger charge is 2.89. The molecule has 0 radical (unpaired) electrons. The van der Waals surface area contributed by atoms with Gasteiger partial charge in [0.25, 0.3) is 0 Å². The van der Waals surface area contributed by atoms with Crippen LogP contribution in [-0.2, 0) is 9.47 Å². The van der Waals surface area contributed by atoms with Gasteiger partial charge in [-0.05, 0) is 0 Å². The highest BCUT2D eigenvalue weighted by Crippen LogP contribution is 2.62. The number of ether oxygens (including phenoxy) is 2. The van der Waals surface area contributed by atoms with E-state index >= 15 is 0 Å². The predicted molar refractivity (Wildman–Crippen MR) is 90.3 cm³/mol. The van der Waals surface area contributed by atoms with Crippen LogP contribution in [0.15, 0.2) is 11.5 Å². The van der Waals surface area contributed by atoms with Gasteiger partial charge < -0.3 is 9.47 Å². The minimum absolute atomic E-state index is 2.77. The molecular weight excluding hydrogens is 780 g/mol. The lowest BCUT2D eigenvalue weighted by molar-refractivity contribution is -0.416. The van der Waals surface area contributed by atoms with Crippen molar-refractivity contribution >= 4 is 0 Å². The molecule has 0 fully saturated rings. The van der Waals surface area contributed by atoms with Gasteiger partial charge in [-0.2, -0.15) is 105 Å². The second-order valence-electron chi connectivity index (χ2n) is 9.09. The quantitative estimate of drug-likeness (QED) is 0.145. The summed E-state index contributed by atoms with van der Waals surface area (Å²) in [7, 11) is 0. The van der Waals surface area contributed by atoms with Crippen molar-refractivity contribution in [3.63, 3.8) is 0 Å². The van der Waals surface area contributed by atoms with Gasteiger partial charge in [-0.3, -0.25) is 0 Å². The predicted octanol–water partition coefficient (Wildman–Crippen LogP) is 9.40. The van der Waals surface area contributed by atoms with Crippen LogP contribution in [0.4, 0.5) is 123 Å². The summed E-state index contributed by atoms with van der Waals surface area (Å²) in [4.78, 5) is 0. The van der Waals surface area contributed by atoms with Crippen LogP contribution in [0.5, 0.6) is 0 Å². The van der Waals surface area contributed by atoms with Crippen molar-refractivity contribution in [3.8, 4) is 0 Å². The number of alkyl halides is 28. The number of allylic oxidation sites excluding steroid dienone is 2. The number of hydrogen-bond acceptors (Lipinski definition) is 2. The van der Waals surface area contributed by atoms with E-state index in [-0.39, 0.29) is 0 Å². The summed E-state index contributed by atoms with van der Waals surface area (Å²) in [5, 5.41) is 0. The molecule has 1 rings (SSSR count). The molecule has 0 heterocycles. The van der Waals surface area contributed by atoms with Crippen LogP contribution >= 0.6 is 0 Å². The second-order valence-corrected chi connectivity index (χ2v) is 9.09. The topological polar surface area (TPSA) is 18.5 Å². The fourth-order valence-corrected chi connectivity index (χ4v) is 2.87. The first-order valence-corrected chi connectivity index (χ1v) is 10.7. The van der Waals surface area contributed by atoms with Crippen molar-refractivity contribution in [2.45, 2.75) is 83.9 Å². The van der Waals surface area contributed by atoms with Crippen LogP contribution in [-0.4, -0.2) is 97.1 Å². The van der Waals surface area contributed by atoms with Crippen LogP contribution in [0, 0.1) is 0 Å². The van der Waals surface area contributed by atoms with Crippen LogP contribution < -0.4 is 0 Å². The maximum absolute atomic E-state index is 13.7. The average molecular weight is 786 g/mol. The normalized spacial score (nSPS) is 19.2. The SMILES string of the molecule is FC(F)C(F)(F)C(F)(F)C(F)(F)C(F)(F)C(F)(F)COC1=C(OCC(F)(F)C(F)(F)C(F)(F)C(F)(F)C(F)(F)C(F)F)C(F)(F)C1(F)F. The minimum atomic E-state index is -8.37. The van der Waals surface area contributed by atoms with Gasteiger partial charge in [-0.25, -0.2) is 17.6 Å².